The standard InChI is InChI=1S/C12H12BBrFNO4/c1-7-3-8(14)4-9(12(7)15)13-19-10(17)5-16(2)6-11(18)20-13/h3-6,17-18H,1-2H3/b10-5-,11-6?. The van der Waals surface area contributed by atoms with Crippen LogP contribution in [0.3, 0.4) is 0 Å². The second-order valence-electron chi connectivity index (χ2n) is 4.29. The molecule has 0 unspecified atom stereocenters. The molecule has 0 radical (unpaired) electrons. The molecule has 0 saturated carbocycles. The van der Waals surface area contributed by atoms with E-state index in [2.05, 4.69) is 15.9 Å². The Hall–Kier alpha value is -1.83. The Kier molecular flexibility index (Phi) is 4.13. The Morgan fingerprint density at radius 3 is 2.30 bits per heavy atom. The Morgan fingerprint density at radius 1 is 1.20 bits per heavy atom. The van der Waals surface area contributed by atoms with Gasteiger partial charge in [-0.1, -0.05) is 15.9 Å². The smallest absolute Gasteiger partial charge is 0.494 e. The van der Waals surface area contributed by atoms with Crippen LogP contribution in [0.15, 0.2) is 40.9 Å². The lowest BCUT2D eigenvalue weighted by atomic mass is 9.77. The van der Waals surface area contributed by atoms with Crippen molar-refractivity contribution in [3.63, 3.8) is 0 Å². The molecule has 8 heteroatoms. The molecule has 106 valence electrons. The van der Waals surface area contributed by atoms with Gasteiger partial charge in [0.05, 0.1) is 12.4 Å². The predicted molar refractivity (Wildman–Crippen MR) is 75.6 cm³/mol. The van der Waals surface area contributed by atoms with E-state index in [1.165, 1.54) is 23.4 Å². The van der Waals surface area contributed by atoms with Crippen molar-refractivity contribution in [1.82, 2.24) is 4.90 Å². The van der Waals surface area contributed by atoms with E-state index in [0.717, 1.165) is 0 Å². The highest BCUT2D eigenvalue weighted by Gasteiger charge is 2.33. The zero-order chi connectivity index (χ0) is 14.9. The molecule has 2 N–H and O–H groups in total. The maximum atomic E-state index is 14.1. The van der Waals surface area contributed by atoms with E-state index < -0.39 is 24.8 Å². The summed E-state index contributed by atoms with van der Waals surface area (Å²) in [5, 5.41) is 19.2. The molecule has 1 aliphatic heterocycles. The maximum absolute atomic E-state index is 14.1. The second kappa shape index (κ2) is 5.66. The number of nitrogens with zero attached hydrogens (tertiary/aromatic N) is 1. The average Bonchev–Trinajstić information content (AvgIpc) is 2.30. The molecule has 0 bridgehead atoms. The molecule has 0 atom stereocenters. The summed E-state index contributed by atoms with van der Waals surface area (Å²) in [6.45, 7) is 1.59. The molecule has 0 aromatic heterocycles. The van der Waals surface area contributed by atoms with Gasteiger partial charge in [0.15, 0.2) is 0 Å². The van der Waals surface area contributed by atoms with E-state index in [4.69, 9.17) is 9.31 Å². The lowest BCUT2D eigenvalue weighted by molar-refractivity contribution is 0.124. The number of hydrogen-bond donors (Lipinski definition) is 2. The molecule has 2 rings (SSSR count). The van der Waals surface area contributed by atoms with Crippen molar-refractivity contribution in [2.75, 3.05) is 7.05 Å². The molecule has 20 heavy (non-hydrogen) atoms. The van der Waals surface area contributed by atoms with Crippen molar-refractivity contribution < 1.29 is 23.9 Å². The van der Waals surface area contributed by atoms with Gasteiger partial charge in [0.1, 0.15) is 5.82 Å². The van der Waals surface area contributed by atoms with Gasteiger partial charge >= 0.3 is 7.12 Å². The fraction of sp³-hybridized carbons (Fsp3) is 0.167. The molecule has 1 aromatic carbocycles. The third-order valence-corrected chi connectivity index (χ3v) is 3.04. The minimum absolute atomic E-state index is 0.0568. The molecule has 1 aromatic rings. The Labute approximate surface area is 124 Å². The van der Waals surface area contributed by atoms with Gasteiger partial charge in [0, 0.05) is 17.0 Å². The molecular formula is C12H12BBrFNO4. The minimum atomic E-state index is -1.30. The van der Waals surface area contributed by atoms with E-state index in [0.29, 0.717) is 10.0 Å². The minimum Gasteiger partial charge on any atom is -0.494 e. The SMILES string of the molecule is Cc1cc(Br)cc(B2OC(O)=CN(C)/C=C(/O)O2)c1F. The molecular weight excluding hydrogens is 332 g/mol. The van der Waals surface area contributed by atoms with Gasteiger partial charge in [-0.2, -0.15) is 0 Å². The summed E-state index contributed by atoms with van der Waals surface area (Å²) in [7, 11) is 0.260. The largest absolute Gasteiger partial charge is 0.639 e. The van der Waals surface area contributed by atoms with Crippen molar-refractivity contribution in [2.45, 2.75) is 6.92 Å². The van der Waals surface area contributed by atoms with Crippen LogP contribution in [0.4, 0.5) is 4.39 Å². The third-order valence-electron chi connectivity index (χ3n) is 2.59. The number of benzene rings is 1. The van der Waals surface area contributed by atoms with Gasteiger partial charge in [0.2, 0.25) is 0 Å². The quantitative estimate of drug-likeness (QED) is 0.766. The normalized spacial score (nSPS) is 18.2. The van der Waals surface area contributed by atoms with Crippen LogP contribution in [-0.4, -0.2) is 29.3 Å². The zero-order valence-electron chi connectivity index (χ0n) is 10.8. The van der Waals surface area contributed by atoms with E-state index in [1.807, 2.05) is 0 Å². The summed E-state index contributed by atoms with van der Waals surface area (Å²) < 4.78 is 25.0. The monoisotopic (exact) mass is 343 g/mol. The van der Waals surface area contributed by atoms with Gasteiger partial charge in [-0.15, -0.1) is 0 Å². The van der Waals surface area contributed by atoms with Crippen molar-refractivity contribution in [1.29, 1.82) is 0 Å². The number of rotatable bonds is 1. The molecule has 5 nitrogen and oxygen atoms in total. The van der Waals surface area contributed by atoms with Crippen LogP contribution in [0.5, 0.6) is 0 Å². The van der Waals surface area contributed by atoms with Crippen molar-refractivity contribution in [3.05, 3.63) is 52.3 Å². The van der Waals surface area contributed by atoms with Gasteiger partial charge in [0.25, 0.3) is 11.9 Å². The van der Waals surface area contributed by atoms with Crippen molar-refractivity contribution in [3.8, 4) is 0 Å². The van der Waals surface area contributed by atoms with E-state index in [-0.39, 0.29) is 5.46 Å². The van der Waals surface area contributed by atoms with Crippen LogP contribution < -0.4 is 5.46 Å². The summed E-state index contributed by atoms with van der Waals surface area (Å²) in [5.74, 6) is -1.45. The van der Waals surface area contributed by atoms with E-state index in [1.54, 1.807) is 20.0 Å². The van der Waals surface area contributed by atoms with Crippen molar-refractivity contribution in [2.24, 2.45) is 0 Å². The summed E-state index contributed by atoms with van der Waals surface area (Å²) >= 11 is 3.25. The summed E-state index contributed by atoms with van der Waals surface area (Å²) in [6, 6.07) is 3.06. The maximum Gasteiger partial charge on any atom is 0.639 e. The van der Waals surface area contributed by atoms with Crippen LogP contribution in [-0.2, 0) is 9.31 Å². The number of aliphatic hydroxyl groups is 2. The highest BCUT2D eigenvalue weighted by molar-refractivity contribution is 9.10. The Balaban J connectivity index is 2.42. The fourth-order valence-corrected chi connectivity index (χ4v) is 2.33. The number of aryl methyl sites for hydroxylation is 1. The first kappa shape index (κ1) is 14.6. The van der Waals surface area contributed by atoms with E-state index in [9.17, 15) is 14.6 Å². The van der Waals surface area contributed by atoms with Crippen LogP contribution in [0.2, 0.25) is 0 Å². The van der Waals surface area contributed by atoms with Crippen LogP contribution in [0, 0.1) is 12.7 Å². The molecule has 0 aliphatic carbocycles. The Morgan fingerprint density at radius 2 is 1.75 bits per heavy atom. The van der Waals surface area contributed by atoms with E-state index >= 15 is 0 Å². The molecule has 1 heterocycles. The molecule has 0 saturated heterocycles. The van der Waals surface area contributed by atoms with Crippen molar-refractivity contribution >= 4 is 28.5 Å². The highest BCUT2D eigenvalue weighted by Crippen LogP contribution is 2.17. The Bertz CT molecular complexity index is 571. The van der Waals surface area contributed by atoms with Crippen LogP contribution in [0.1, 0.15) is 5.56 Å². The van der Waals surface area contributed by atoms with Gasteiger partial charge in [-0.05, 0) is 24.6 Å². The predicted octanol–water partition coefficient (Wildman–Crippen LogP) is 2.28. The molecule has 0 fully saturated rings. The van der Waals surface area contributed by atoms with Crippen LogP contribution in [0.25, 0.3) is 0 Å². The lowest BCUT2D eigenvalue weighted by Gasteiger charge is -2.21. The topological polar surface area (TPSA) is 62.2 Å². The number of halogens is 2. The fourth-order valence-electron chi connectivity index (χ4n) is 1.74. The molecule has 0 amide bonds. The number of aliphatic hydroxyl groups excluding tert-OH is 2. The molecule has 0 spiro atoms. The summed E-state index contributed by atoms with van der Waals surface area (Å²) in [5.41, 5.74) is 0.439. The highest BCUT2D eigenvalue weighted by atomic mass is 79.9. The van der Waals surface area contributed by atoms with Gasteiger partial charge in [-0.3, -0.25) is 0 Å². The zero-order valence-corrected chi connectivity index (χ0v) is 12.4. The summed E-state index contributed by atoms with van der Waals surface area (Å²) in [6.07, 6.45) is 2.43. The first-order valence-electron chi connectivity index (χ1n) is 5.69. The van der Waals surface area contributed by atoms with Crippen LogP contribution >= 0.6 is 15.9 Å². The molecule has 1 aliphatic rings. The number of hydrogen-bond acceptors (Lipinski definition) is 5. The first-order valence-corrected chi connectivity index (χ1v) is 6.48. The van der Waals surface area contributed by atoms with Gasteiger partial charge < -0.3 is 24.4 Å². The average molecular weight is 344 g/mol. The van der Waals surface area contributed by atoms with Gasteiger partial charge in [-0.25, -0.2) is 4.39 Å². The summed E-state index contributed by atoms with van der Waals surface area (Å²) in [4.78, 5) is 1.34. The third kappa shape index (κ3) is 3.19. The lowest BCUT2D eigenvalue weighted by Crippen LogP contribution is -2.40. The first-order chi connectivity index (χ1) is 9.36. The second-order valence-corrected chi connectivity index (χ2v) is 5.21.